The number of fused-ring (bicyclic) bond motifs is 1. The Morgan fingerprint density at radius 3 is 2.41 bits per heavy atom. The van der Waals surface area contributed by atoms with Crippen molar-refractivity contribution in [1.82, 2.24) is 0 Å². The minimum absolute atomic E-state index is 0.0316. The van der Waals surface area contributed by atoms with E-state index in [4.69, 9.17) is 25.5 Å². The number of hydrogen-bond acceptors (Lipinski definition) is 4. The summed E-state index contributed by atoms with van der Waals surface area (Å²) < 4.78 is 58.0. The van der Waals surface area contributed by atoms with Gasteiger partial charge < -0.3 is 13.9 Å². The predicted octanol–water partition coefficient (Wildman–Crippen LogP) is 7.96. The highest BCUT2D eigenvalue weighted by Gasteiger charge is 2.40. The number of benzene rings is 3. The van der Waals surface area contributed by atoms with E-state index in [1.807, 2.05) is 13.8 Å². The molecule has 0 aliphatic heterocycles. The van der Waals surface area contributed by atoms with Gasteiger partial charge in [0.15, 0.2) is 0 Å². The van der Waals surface area contributed by atoms with Crippen molar-refractivity contribution in [3.8, 4) is 17.2 Å². The number of ether oxygens (including phenoxy) is 2. The Morgan fingerprint density at radius 2 is 1.71 bits per heavy atom. The van der Waals surface area contributed by atoms with E-state index in [0.717, 1.165) is 0 Å². The second kappa shape index (κ2) is 9.43. The number of para-hydroxylation sites is 1. The molecule has 4 aromatic rings. The molecule has 34 heavy (non-hydrogen) atoms. The molecule has 0 unspecified atom stereocenters. The molecule has 4 rings (SSSR count). The monoisotopic (exact) mass is 488 g/mol. The summed E-state index contributed by atoms with van der Waals surface area (Å²) in [4.78, 5) is 13.1. The highest BCUT2D eigenvalue weighted by molar-refractivity contribution is 6.31. The largest absolute Gasteiger partial charge is 0.489 e. The van der Waals surface area contributed by atoms with Gasteiger partial charge in [0.05, 0.1) is 5.39 Å². The maximum atomic E-state index is 13.9. The lowest BCUT2D eigenvalue weighted by molar-refractivity contribution is -0.154. The van der Waals surface area contributed by atoms with Gasteiger partial charge in [-0.1, -0.05) is 61.8 Å². The summed E-state index contributed by atoms with van der Waals surface area (Å²) in [6, 6.07) is 17.7. The lowest BCUT2D eigenvalue weighted by atomic mass is 10.0. The zero-order valence-electron chi connectivity index (χ0n) is 18.3. The highest BCUT2D eigenvalue weighted by Crippen LogP contribution is 2.40. The van der Waals surface area contributed by atoms with Crippen LogP contribution >= 0.6 is 11.6 Å². The third-order valence-electron chi connectivity index (χ3n) is 5.18. The van der Waals surface area contributed by atoms with Gasteiger partial charge in [0.25, 0.3) is 5.76 Å². The van der Waals surface area contributed by atoms with E-state index in [1.165, 1.54) is 24.3 Å². The number of halogens is 4. The molecule has 0 N–H and O–H groups in total. The van der Waals surface area contributed by atoms with E-state index in [0.29, 0.717) is 16.1 Å². The summed E-state index contributed by atoms with van der Waals surface area (Å²) in [7, 11) is 0. The van der Waals surface area contributed by atoms with E-state index in [-0.39, 0.29) is 35.0 Å². The van der Waals surface area contributed by atoms with Crippen LogP contribution in [0.3, 0.4) is 0 Å². The van der Waals surface area contributed by atoms with Crippen molar-refractivity contribution in [1.29, 1.82) is 0 Å². The average Bonchev–Trinajstić information content (AvgIpc) is 2.79. The topological polar surface area (TPSA) is 48.7 Å². The van der Waals surface area contributed by atoms with Crippen molar-refractivity contribution in [2.45, 2.75) is 32.5 Å². The molecule has 0 fully saturated rings. The fraction of sp³-hybridized carbons (Fsp3) is 0.192. The van der Waals surface area contributed by atoms with Crippen molar-refractivity contribution in [2.24, 2.45) is 0 Å². The van der Waals surface area contributed by atoms with Crippen LogP contribution in [0.5, 0.6) is 17.2 Å². The van der Waals surface area contributed by atoms with Crippen molar-refractivity contribution in [2.75, 3.05) is 0 Å². The maximum Gasteiger partial charge on any atom is 0.453 e. The molecule has 0 saturated heterocycles. The number of rotatable bonds is 6. The Kier molecular flexibility index (Phi) is 6.57. The van der Waals surface area contributed by atoms with Crippen LogP contribution in [-0.2, 0) is 12.8 Å². The standard InChI is InChI=1S/C26H20ClF3O4/c1-15(2)18-8-4-6-10-21(18)33-24-23(31)19-12-11-17(13-22(19)34-25(24)26(28,29)30)32-14-16-7-3-5-9-20(16)27/h3-13,15H,14H2,1-2H3. The van der Waals surface area contributed by atoms with Crippen LogP contribution in [0.2, 0.25) is 5.02 Å². The normalized spacial score (nSPS) is 11.7. The molecular formula is C26H20ClF3O4. The van der Waals surface area contributed by atoms with Gasteiger partial charge >= 0.3 is 6.18 Å². The van der Waals surface area contributed by atoms with Crippen LogP contribution in [0.4, 0.5) is 13.2 Å². The van der Waals surface area contributed by atoms with Crippen LogP contribution in [0.25, 0.3) is 11.0 Å². The summed E-state index contributed by atoms with van der Waals surface area (Å²) >= 11 is 6.11. The van der Waals surface area contributed by atoms with Crippen LogP contribution in [0, 0.1) is 0 Å². The zero-order chi connectivity index (χ0) is 24.5. The second-order valence-electron chi connectivity index (χ2n) is 7.92. The zero-order valence-corrected chi connectivity index (χ0v) is 19.0. The van der Waals surface area contributed by atoms with Crippen molar-refractivity contribution in [3.63, 3.8) is 0 Å². The molecule has 4 nitrogen and oxygen atoms in total. The molecule has 0 radical (unpaired) electrons. The Bertz CT molecular complexity index is 1390. The first-order valence-corrected chi connectivity index (χ1v) is 10.8. The molecule has 1 heterocycles. The van der Waals surface area contributed by atoms with Gasteiger partial charge in [0, 0.05) is 16.7 Å². The first-order chi connectivity index (χ1) is 16.1. The van der Waals surface area contributed by atoms with Gasteiger partial charge in [0.1, 0.15) is 23.7 Å². The smallest absolute Gasteiger partial charge is 0.453 e. The molecule has 0 amide bonds. The van der Waals surface area contributed by atoms with Gasteiger partial charge in [-0.15, -0.1) is 0 Å². The summed E-state index contributed by atoms with van der Waals surface area (Å²) in [6.45, 7) is 3.84. The lowest BCUT2D eigenvalue weighted by Crippen LogP contribution is -2.16. The minimum atomic E-state index is -4.95. The van der Waals surface area contributed by atoms with Gasteiger partial charge in [-0.2, -0.15) is 13.2 Å². The molecular weight excluding hydrogens is 469 g/mol. The Hall–Kier alpha value is -3.45. The van der Waals surface area contributed by atoms with Gasteiger partial charge in [-0.25, -0.2) is 0 Å². The van der Waals surface area contributed by atoms with Gasteiger partial charge in [-0.05, 0) is 35.7 Å². The molecule has 0 atom stereocenters. The highest BCUT2D eigenvalue weighted by atomic mass is 35.5. The molecule has 176 valence electrons. The van der Waals surface area contributed by atoms with E-state index in [2.05, 4.69) is 0 Å². The molecule has 1 aromatic heterocycles. The van der Waals surface area contributed by atoms with Crippen LogP contribution in [-0.4, -0.2) is 0 Å². The van der Waals surface area contributed by atoms with Crippen molar-refractivity contribution >= 4 is 22.6 Å². The first kappa shape index (κ1) is 23.7. The summed E-state index contributed by atoms with van der Waals surface area (Å²) in [5.41, 5.74) is 0.177. The minimum Gasteiger partial charge on any atom is -0.489 e. The molecule has 3 aromatic carbocycles. The van der Waals surface area contributed by atoms with Crippen LogP contribution in [0.1, 0.15) is 36.7 Å². The Morgan fingerprint density at radius 1 is 1.00 bits per heavy atom. The van der Waals surface area contributed by atoms with E-state index < -0.39 is 23.1 Å². The molecule has 0 aliphatic carbocycles. The predicted molar refractivity (Wildman–Crippen MR) is 124 cm³/mol. The fourth-order valence-electron chi connectivity index (χ4n) is 3.46. The van der Waals surface area contributed by atoms with Crippen LogP contribution < -0.4 is 14.9 Å². The first-order valence-electron chi connectivity index (χ1n) is 10.5. The number of hydrogen-bond donors (Lipinski definition) is 0. The lowest BCUT2D eigenvalue weighted by Gasteiger charge is -2.16. The third kappa shape index (κ3) is 4.89. The van der Waals surface area contributed by atoms with Gasteiger partial charge in [0.2, 0.25) is 11.2 Å². The SMILES string of the molecule is CC(C)c1ccccc1Oc1c(C(F)(F)F)oc2cc(OCc3ccccc3Cl)ccc2c1=O. The van der Waals surface area contributed by atoms with Crippen molar-refractivity contribution in [3.05, 3.63) is 98.9 Å². The molecule has 8 heteroatoms. The van der Waals surface area contributed by atoms with E-state index in [1.54, 1.807) is 42.5 Å². The molecule has 0 spiro atoms. The Labute approximate surface area is 198 Å². The third-order valence-corrected chi connectivity index (χ3v) is 5.55. The molecule has 0 aliphatic rings. The fourth-order valence-corrected chi connectivity index (χ4v) is 3.65. The van der Waals surface area contributed by atoms with Crippen LogP contribution in [0.15, 0.2) is 75.9 Å². The summed E-state index contributed by atoms with van der Waals surface area (Å²) in [5.74, 6) is -2.06. The molecule has 0 saturated carbocycles. The Balaban J connectivity index is 1.76. The summed E-state index contributed by atoms with van der Waals surface area (Å²) in [5, 5.41) is 0.438. The summed E-state index contributed by atoms with van der Waals surface area (Å²) in [6.07, 6.45) is -4.95. The van der Waals surface area contributed by atoms with E-state index in [9.17, 15) is 18.0 Å². The average molecular weight is 489 g/mol. The van der Waals surface area contributed by atoms with Crippen molar-refractivity contribution < 1.29 is 27.1 Å². The second-order valence-corrected chi connectivity index (χ2v) is 8.33. The maximum absolute atomic E-state index is 13.9. The van der Waals surface area contributed by atoms with E-state index >= 15 is 0 Å². The van der Waals surface area contributed by atoms with Gasteiger partial charge in [-0.3, -0.25) is 4.79 Å². The molecule has 0 bridgehead atoms. The quantitative estimate of drug-likeness (QED) is 0.276. The number of alkyl halides is 3.